The smallest absolute Gasteiger partial charge is 0.258 e. The zero-order chi connectivity index (χ0) is 22.5. The molecule has 10 heteroatoms. The van der Waals surface area contributed by atoms with Crippen molar-refractivity contribution in [2.45, 2.75) is 36.8 Å². The van der Waals surface area contributed by atoms with Crippen LogP contribution in [0, 0.1) is 11.3 Å². The number of benzene rings is 1. The summed E-state index contributed by atoms with van der Waals surface area (Å²) in [5.41, 5.74) is 0.942. The molecule has 0 saturated carbocycles. The number of aromatic nitrogens is 4. The summed E-state index contributed by atoms with van der Waals surface area (Å²) in [6.07, 6.45) is 5.98. The summed E-state index contributed by atoms with van der Waals surface area (Å²) in [5, 5.41) is 17.5. The first-order chi connectivity index (χ1) is 15.6. The van der Waals surface area contributed by atoms with Crippen molar-refractivity contribution in [2.24, 2.45) is 0 Å². The normalized spacial score (nSPS) is 18.1. The number of likely N-dealkylation sites (tertiary alicyclic amines) is 1. The van der Waals surface area contributed by atoms with Crippen LogP contribution in [-0.2, 0) is 0 Å². The molecule has 0 N–H and O–H groups in total. The predicted molar refractivity (Wildman–Crippen MR) is 117 cm³/mol. The van der Waals surface area contributed by atoms with Crippen LogP contribution in [0.2, 0.25) is 0 Å². The molecule has 1 amide bonds. The highest BCUT2D eigenvalue weighted by atomic mass is 32.2. The highest BCUT2D eigenvalue weighted by Crippen LogP contribution is 2.32. The van der Waals surface area contributed by atoms with E-state index in [9.17, 15) is 10.1 Å². The molecule has 0 unspecified atom stereocenters. The van der Waals surface area contributed by atoms with Gasteiger partial charge in [-0.3, -0.25) is 4.79 Å². The Labute approximate surface area is 190 Å². The van der Waals surface area contributed by atoms with Gasteiger partial charge in [-0.2, -0.15) is 15.5 Å². The highest BCUT2D eigenvalue weighted by molar-refractivity contribution is 7.97. The number of carbonyl (C=O) groups excluding carboxylic acids is 1. The van der Waals surface area contributed by atoms with E-state index in [1.807, 2.05) is 36.1 Å². The van der Waals surface area contributed by atoms with E-state index in [1.165, 1.54) is 29.5 Å². The van der Waals surface area contributed by atoms with E-state index in [1.54, 1.807) is 18.5 Å². The van der Waals surface area contributed by atoms with Crippen molar-refractivity contribution in [2.75, 3.05) is 13.7 Å². The van der Waals surface area contributed by atoms with Gasteiger partial charge in [-0.15, -0.1) is 4.20 Å². The summed E-state index contributed by atoms with van der Waals surface area (Å²) in [7, 11) is 1.48. The number of hydrogen-bond acceptors (Lipinski definition) is 8. The number of pyridine rings is 1. The van der Waals surface area contributed by atoms with Gasteiger partial charge in [-0.25, -0.2) is 4.98 Å². The first-order valence-corrected chi connectivity index (χ1v) is 10.9. The van der Waals surface area contributed by atoms with Crippen molar-refractivity contribution in [3.8, 4) is 17.7 Å². The molecule has 3 aromatic rings. The van der Waals surface area contributed by atoms with Crippen molar-refractivity contribution in [3.05, 3.63) is 60.0 Å². The van der Waals surface area contributed by atoms with Crippen LogP contribution in [0.25, 0.3) is 0 Å². The lowest BCUT2D eigenvalue weighted by Gasteiger charge is -2.38. The molecule has 0 bridgehead atoms. The lowest BCUT2D eigenvalue weighted by atomic mass is 10.00. The zero-order valence-corrected chi connectivity index (χ0v) is 18.5. The molecule has 2 atom stereocenters. The Morgan fingerprint density at radius 2 is 1.97 bits per heavy atom. The summed E-state index contributed by atoms with van der Waals surface area (Å²) < 4.78 is 12.9. The fourth-order valence-corrected chi connectivity index (χ4v) is 4.40. The van der Waals surface area contributed by atoms with E-state index in [0.717, 1.165) is 17.7 Å². The summed E-state index contributed by atoms with van der Waals surface area (Å²) in [6, 6.07) is 11.1. The molecule has 1 saturated heterocycles. The van der Waals surface area contributed by atoms with Gasteiger partial charge in [0.15, 0.2) is 5.75 Å². The van der Waals surface area contributed by atoms with Crippen LogP contribution in [0.5, 0.6) is 11.6 Å². The van der Waals surface area contributed by atoms with Crippen molar-refractivity contribution in [3.63, 3.8) is 0 Å². The number of nitrogens with zero attached hydrogens (tertiary/aromatic N) is 6. The average molecular weight is 451 g/mol. The van der Waals surface area contributed by atoms with E-state index in [-0.39, 0.29) is 23.9 Å². The summed E-state index contributed by atoms with van der Waals surface area (Å²) >= 11 is 1.29. The maximum Gasteiger partial charge on any atom is 0.258 e. The maximum absolute atomic E-state index is 13.5. The summed E-state index contributed by atoms with van der Waals surface area (Å²) in [4.78, 5) is 20.3. The Hall–Kier alpha value is -3.58. The van der Waals surface area contributed by atoms with Gasteiger partial charge in [-0.1, -0.05) is 12.1 Å². The van der Waals surface area contributed by atoms with Gasteiger partial charge in [0.1, 0.15) is 17.7 Å². The van der Waals surface area contributed by atoms with E-state index in [4.69, 9.17) is 9.47 Å². The Morgan fingerprint density at radius 1 is 1.19 bits per heavy atom. The number of nitriles is 1. The lowest BCUT2D eigenvalue weighted by molar-refractivity contribution is 0.0363. The molecule has 9 nitrogen and oxygen atoms in total. The number of carbonyl (C=O) groups is 1. The minimum Gasteiger partial charge on any atom is -0.490 e. The molecule has 4 rings (SSSR count). The van der Waals surface area contributed by atoms with Crippen molar-refractivity contribution in [1.29, 1.82) is 5.26 Å². The molecule has 0 aliphatic carbocycles. The van der Waals surface area contributed by atoms with Crippen molar-refractivity contribution in [1.82, 2.24) is 24.3 Å². The van der Waals surface area contributed by atoms with Crippen LogP contribution in [0.1, 0.15) is 35.7 Å². The molecule has 1 aromatic carbocycles. The topological polar surface area (TPSA) is 106 Å². The molecule has 0 radical (unpaired) electrons. The van der Waals surface area contributed by atoms with Gasteiger partial charge >= 0.3 is 0 Å². The Balaban J connectivity index is 1.54. The third kappa shape index (κ3) is 4.53. The minimum absolute atomic E-state index is 0.0588. The van der Waals surface area contributed by atoms with Gasteiger partial charge in [0.05, 0.1) is 31.6 Å². The molecule has 0 spiro atoms. The second-order valence-electron chi connectivity index (χ2n) is 7.30. The number of methoxy groups -OCH3 is 1. The first-order valence-electron chi connectivity index (χ1n) is 10.1. The number of amides is 1. The first kappa shape index (κ1) is 21.6. The molecule has 3 heterocycles. The maximum atomic E-state index is 13.5. The molecule has 1 aliphatic heterocycles. The summed E-state index contributed by atoms with van der Waals surface area (Å²) in [6.45, 7) is 2.44. The molecular formula is C22H22N6O3S. The third-order valence-corrected chi connectivity index (χ3v) is 6.17. The number of piperidine rings is 1. The van der Waals surface area contributed by atoms with Crippen LogP contribution in [-0.4, -0.2) is 56.0 Å². The number of rotatable bonds is 6. The van der Waals surface area contributed by atoms with Gasteiger partial charge < -0.3 is 14.4 Å². The van der Waals surface area contributed by atoms with Crippen LogP contribution < -0.4 is 9.47 Å². The van der Waals surface area contributed by atoms with Gasteiger partial charge in [-0.05, 0) is 38.0 Å². The third-order valence-electron chi connectivity index (χ3n) is 5.27. The fraction of sp³-hybridized carbons (Fsp3) is 0.318. The Kier molecular flexibility index (Phi) is 6.56. The lowest BCUT2D eigenvalue weighted by Crippen LogP contribution is -2.49. The number of ether oxygens (including phenoxy) is 2. The quantitative estimate of drug-likeness (QED) is 0.564. The predicted octanol–water partition coefficient (Wildman–Crippen LogP) is 3.18. The Morgan fingerprint density at radius 3 is 2.72 bits per heavy atom. The van der Waals surface area contributed by atoms with Gasteiger partial charge in [0, 0.05) is 29.1 Å². The van der Waals surface area contributed by atoms with Gasteiger partial charge in [0.2, 0.25) is 0 Å². The van der Waals surface area contributed by atoms with Crippen molar-refractivity contribution < 1.29 is 14.3 Å². The largest absolute Gasteiger partial charge is 0.490 e. The SMILES string of the molecule is COc1c(C#N)ccnc1O[C@@H]1CC[C@@H](C)N(C(=O)c2ccccc2Sn2nccn2)C1. The second kappa shape index (κ2) is 9.70. The molecule has 1 aliphatic rings. The molecule has 32 heavy (non-hydrogen) atoms. The Bertz CT molecular complexity index is 1130. The second-order valence-corrected chi connectivity index (χ2v) is 8.25. The van der Waals surface area contributed by atoms with Gasteiger partial charge in [0.25, 0.3) is 11.8 Å². The molecule has 2 aromatic heterocycles. The molecular weight excluding hydrogens is 428 g/mol. The van der Waals surface area contributed by atoms with Crippen LogP contribution >= 0.6 is 11.9 Å². The molecule has 1 fully saturated rings. The van der Waals surface area contributed by atoms with E-state index in [0.29, 0.717) is 23.4 Å². The standard InChI is InChI=1S/C22H22N6O3S/c1-15-7-8-17(31-21-20(30-2)16(13-23)9-10-24-21)14-27(15)22(29)18-5-3-4-6-19(18)32-28-25-11-12-26-28/h3-6,9-12,15,17H,7-8,14H2,1-2H3/t15-,17-/m1/s1. The number of hydrogen-bond donors (Lipinski definition) is 0. The monoisotopic (exact) mass is 450 g/mol. The highest BCUT2D eigenvalue weighted by Gasteiger charge is 2.32. The van der Waals surface area contributed by atoms with E-state index >= 15 is 0 Å². The van der Waals surface area contributed by atoms with Crippen LogP contribution in [0.3, 0.4) is 0 Å². The average Bonchev–Trinajstić information content (AvgIpc) is 3.33. The zero-order valence-electron chi connectivity index (χ0n) is 17.7. The van der Waals surface area contributed by atoms with E-state index < -0.39 is 0 Å². The van der Waals surface area contributed by atoms with Crippen LogP contribution in [0.4, 0.5) is 0 Å². The van der Waals surface area contributed by atoms with Crippen LogP contribution in [0.15, 0.2) is 53.8 Å². The van der Waals surface area contributed by atoms with Crippen molar-refractivity contribution >= 4 is 17.9 Å². The molecule has 164 valence electrons. The fourth-order valence-electron chi connectivity index (χ4n) is 3.63. The summed E-state index contributed by atoms with van der Waals surface area (Å²) in [5.74, 6) is 0.492. The minimum atomic E-state index is -0.266. The van der Waals surface area contributed by atoms with E-state index in [2.05, 4.69) is 21.3 Å².